The van der Waals surface area contributed by atoms with Crippen LogP contribution in [0, 0.1) is 12.8 Å². The SMILES string of the molecule is Cc1cc(-c2cnc(N)c(C(=O)Nc3cnn(C)c3)n2)cc2c1C1(CN=C2)CC1C. The Kier molecular flexibility index (Phi) is 3.99. The van der Waals surface area contributed by atoms with Crippen molar-refractivity contribution in [1.82, 2.24) is 19.7 Å². The first kappa shape index (κ1) is 18.5. The molecule has 1 aliphatic heterocycles. The summed E-state index contributed by atoms with van der Waals surface area (Å²) in [5.41, 5.74) is 12.0. The van der Waals surface area contributed by atoms with E-state index >= 15 is 0 Å². The molecule has 152 valence electrons. The van der Waals surface area contributed by atoms with Crippen molar-refractivity contribution in [2.24, 2.45) is 18.0 Å². The number of anilines is 2. The quantitative estimate of drug-likeness (QED) is 0.701. The van der Waals surface area contributed by atoms with E-state index in [4.69, 9.17) is 5.73 Å². The van der Waals surface area contributed by atoms with Gasteiger partial charge in [0.2, 0.25) is 0 Å². The van der Waals surface area contributed by atoms with E-state index in [9.17, 15) is 4.79 Å². The summed E-state index contributed by atoms with van der Waals surface area (Å²) in [7, 11) is 1.78. The maximum atomic E-state index is 12.7. The molecule has 0 radical (unpaired) electrons. The first-order valence-corrected chi connectivity index (χ1v) is 9.95. The number of nitrogens with one attached hydrogen (secondary N) is 1. The summed E-state index contributed by atoms with van der Waals surface area (Å²) < 4.78 is 1.60. The molecule has 1 saturated carbocycles. The van der Waals surface area contributed by atoms with Gasteiger partial charge in [0, 0.05) is 37.0 Å². The number of nitrogens with zero attached hydrogens (tertiary/aromatic N) is 5. The van der Waals surface area contributed by atoms with Crippen LogP contribution in [0.5, 0.6) is 0 Å². The fourth-order valence-corrected chi connectivity index (χ4v) is 4.57. The Bertz CT molecular complexity index is 1210. The second-order valence-corrected chi connectivity index (χ2v) is 8.33. The normalized spacial score (nSPS) is 21.5. The number of fused-ring (bicyclic) bond motifs is 2. The highest BCUT2D eigenvalue weighted by Gasteiger charge is 2.54. The molecule has 1 aromatic carbocycles. The predicted octanol–water partition coefficient (Wildman–Crippen LogP) is 2.73. The second-order valence-electron chi connectivity index (χ2n) is 8.33. The van der Waals surface area contributed by atoms with E-state index < -0.39 is 5.91 Å². The van der Waals surface area contributed by atoms with E-state index in [1.165, 1.54) is 17.5 Å². The second kappa shape index (κ2) is 6.48. The van der Waals surface area contributed by atoms with Crippen LogP contribution in [-0.4, -0.2) is 38.4 Å². The van der Waals surface area contributed by atoms with Gasteiger partial charge in [-0.1, -0.05) is 6.92 Å². The zero-order chi connectivity index (χ0) is 21.0. The van der Waals surface area contributed by atoms with Crippen molar-refractivity contribution >= 4 is 23.6 Å². The van der Waals surface area contributed by atoms with E-state index in [1.54, 1.807) is 30.3 Å². The van der Waals surface area contributed by atoms with Gasteiger partial charge in [-0.2, -0.15) is 5.10 Å². The zero-order valence-corrected chi connectivity index (χ0v) is 17.2. The number of amides is 1. The molecular formula is C22H23N7O. The zero-order valence-electron chi connectivity index (χ0n) is 17.2. The summed E-state index contributed by atoms with van der Waals surface area (Å²) in [5.74, 6) is 0.316. The Labute approximate surface area is 174 Å². The number of nitrogen functional groups attached to an aromatic ring is 1. The van der Waals surface area contributed by atoms with Gasteiger partial charge in [-0.15, -0.1) is 0 Å². The van der Waals surface area contributed by atoms with Gasteiger partial charge in [0.1, 0.15) is 0 Å². The highest BCUT2D eigenvalue weighted by atomic mass is 16.1. The average molecular weight is 401 g/mol. The maximum Gasteiger partial charge on any atom is 0.278 e. The van der Waals surface area contributed by atoms with Crippen LogP contribution in [0.3, 0.4) is 0 Å². The third-order valence-electron chi connectivity index (χ3n) is 6.20. The largest absolute Gasteiger partial charge is 0.382 e. The molecular weight excluding hydrogens is 378 g/mol. The molecule has 8 heteroatoms. The van der Waals surface area contributed by atoms with Crippen LogP contribution in [-0.2, 0) is 12.5 Å². The molecule has 2 atom stereocenters. The smallest absolute Gasteiger partial charge is 0.278 e. The number of nitrogens with two attached hydrogens (primary N) is 1. The minimum Gasteiger partial charge on any atom is -0.382 e. The summed E-state index contributed by atoms with van der Waals surface area (Å²) in [6, 6.07) is 4.20. The predicted molar refractivity (Wildman–Crippen MR) is 116 cm³/mol. The third-order valence-corrected chi connectivity index (χ3v) is 6.20. The van der Waals surface area contributed by atoms with Crippen molar-refractivity contribution < 1.29 is 4.79 Å². The van der Waals surface area contributed by atoms with Gasteiger partial charge < -0.3 is 11.1 Å². The van der Waals surface area contributed by atoms with Crippen molar-refractivity contribution in [3.05, 3.63) is 53.1 Å². The molecule has 3 heterocycles. The molecule has 2 aliphatic rings. The van der Waals surface area contributed by atoms with Gasteiger partial charge in [0.05, 0.1) is 23.8 Å². The van der Waals surface area contributed by atoms with E-state index in [0.717, 1.165) is 17.7 Å². The Balaban J connectivity index is 1.51. The number of hydrogen-bond donors (Lipinski definition) is 2. The summed E-state index contributed by atoms with van der Waals surface area (Å²) >= 11 is 0. The van der Waals surface area contributed by atoms with Crippen LogP contribution < -0.4 is 11.1 Å². The molecule has 3 N–H and O–H groups in total. The topological polar surface area (TPSA) is 111 Å². The van der Waals surface area contributed by atoms with E-state index in [0.29, 0.717) is 17.3 Å². The summed E-state index contributed by atoms with van der Waals surface area (Å²) in [6.07, 6.45) is 7.99. The Morgan fingerprint density at radius 3 is 2.83 bits per heavy atom. The lowest BCUT2D eigenvalue weighted by Crippen LogP contribution is -2.22. The molecule has 30 heavy (non-hydrogen) atoms. The fourth-order valence-electron chi connectivity index (χ4n) is 4.57. The van der Waals surface area contributed by atoms with Gasteiger partial charge in [0.25, 0.3) is 5.91 Å². The van der Waals surface area contributed by atoms with Crippen LogP contribution in [0.4, 0.5) is 11.5 Å². The standard InChI is InChI=1S/C22H23N7O/c1-12-4-14(5-15-7-24-11-22(18(12)15)6-13(22)2)17-9-25-20(23)19(28-17)21(30)27-16-8-26-29(3)10-16/h4-5,7-10,13H,6,11H2,1-3H3,(H2,23,25)(H,27,30). The van der Waals surface area contributed by atoms with Crippen molar-refractivity contribution in [2.75, 3.05) is 17.6 Å². The number of aromatic nitrogens is 4. The number of aliphatic imine (C=N–C) groups is 1. The molecule has 2 aromatic heterocycles. The molecule has 0 bridgehead atoms. The summed E-state index contributed by atoms with van der Waals surface area (Å²) in [5, 5.41) is 6.80. The van der Waals surface area contributed by atoms with E-state index in [-0.39, 0.29) is 16.9 Å². The summed E-state index contributed by atoms with van der Waals surface area (Å²) in [6.45, 7) is 5.29. The molecule has 8 nitrogen and oxygen atoms in total. The van der Waals surface area contributed by atoms with Crippen LogP contribution in [0.25, 0.3) is 11.3 Å². The summed E-state index contributed by atoms with van der Waals surface area (Å²) in [4.78, 5) is 26.1. The molecule has 5 rings (SSSR count). The molecule has 1 aliphatic carbocycles. The Hall–Kier alpha value is -3.55. The van der Waals surface area contributed by atoms with Crippen LogP contribution >= 0.6 is 0 Å². The van der Waals surface area contributed by atoms with E-state index in [1.807, 2.05) is 6.21 Å². The van der Waals surface area contributed by atoms with Crippen molar-refractivity contribution in [3.8, 4) is 11.3 Å². The number of hydrogen-bond acceptors (Lipinski definition) is 6. The van der Waals surface area contributed by atoms with Crippen LogP contribution in [0.2, 0.25) is 0 Å². The lowest BCUT2D eigenvalue weighted by atomic mass is 9.83. The minimum atomic E-state index is -0.420. The number of carbonyl (C=O) groups excluding carboxylic acids is 1. The first-order chi connectivity index (χ1) is 14.4. The highest BCUT2D eigenvalue weighted by Crippen LogP contribution is 2.57. The maximum absolute atomic E-state index is 12.7. The van der Waals surface area contributed by atoms with Gasteiger partial charge in [-0.25, -0.2) is 9.97 Å². The number of aryl methyl sites for hydroxylation is 2. The molecule has 1 amide bonds. The molecule has 2 unspecified atom stereocenters. The Morgan fingerprint density at radius 2 is 2.13 bits per heavy atom. The number of rotatable bonds is 3. The molecule has 0 saturated heterocycles. The average Bonchev–Trinajstić information content (AvgIpc) is 3.13. The van der Waals surface area contributed by atoms with Crippen molar-refractivity contribution in [3.63, 3.8) is 0 Å². The van der Waals surface area contributed by atoms with Gasteiger partial charge in [-0.05, 0) is 48.1 Å². The molecule has 1 fully saturated rings. The minimum absolute atomic E-state index is 0.0853. The van der Waals surface area contributed by atoms with Crippen molar-refractivity contribution in [1.29, 1.82) is 0 Å². The van der Waals surface area contributed by atoms with Gasteiger partial charge in [-0.3, -0.25) is 14.5 Å². The van der Waals surface area contributed by atoms with Gasteiger partial charge in [0.15, 0.2) is 11.5 Å². The highest BCUT2D eigenvalue weighted by molar-refractivity contribution is 6.05. The molecule has 1 spiro atoms. The van der Waals surface area contributed by atoms with Gasteiger partial charge >= 0.3 is 0 Å². The van der Waals surface area contributed by atoms with Crippen LogP contribution in [0.15, 0.2) is 35.7 Å². The Morgan fingerprint density at radius 1 is 1.33 bits per heavy atom. The monoisotopic (exact) mass is 401 g/mol. The third kappa shape index (κ3) is 2.87. The number of benzene rings is 1. The fraction of sp³-hybridized carbons (Fsp3) is 0.318. The van der Waals surface area contributed by atoms with Crippen LogP contribution in [0.1, 0.15) is 40.5 Å². The molecule has 3 aromatic rings. The van der Waals surface area contributed by atoms with Crippen molar-refractivity contribution in [2.45, 2.75) is 25.7 Å². The van der Waals surface area contributed by atoms with E-state index in [2.05, 4.69) is 51.4 Å². The first-order valence-electron chi connectivity index (χ1n) is 9.95. The number of carbonyl (C=O) groups is 1. The lowest BCUT2D eigenvalue weighted by Gasteiger charge is -2.25. The lowest BCUT2D eigenvalue weighted by molar-refractivity contribution is 0.102.